The number of fused-ring (bicyclic) bond motifs is 24. The summed E-state index contributed by atoms with van der Waals surface area (Å²) in [5.74, 6) is 9.27. The maximum absolute atomic E-state index is 13.6. The lowest BCUT2D eigenvalue weighted by molar-refractivity contribution is -0.197. The molecule has 0 heterocycles. The molecule has 0 saturated heterocycles. The maximum Gasteiger partial charge on any atom is 0.325 e. The van der Waals surface area contributed by atoms with Crippen molar-refractivity contribution in [2.45, 2.75) is 281 Å². The van der Waals surface area contributed by atoms with Crippen LogP contribution in [0.5, 0.6) is 0 Å². The second-order valence-corrected chi connectivity index (χ2v) is 51.4. The highest BCUT2D eigenvalue weighted by molar-refractivity contribution is 5.91. The normalized spacial score (nSPS) is 50.0. The average molecular weight is 1900 g/mol. The van der Waals surface area contributed by atoms with E-state index in [9.17, 15) is 72.9 Å². The summed E-state index contributed by atoms with van der Waals surface area (Å²) in [5, 5.41) is 42.9. The first-order valence-electron chi connectivity index (χ1n) is 54.3. The molecule has 0 aromatic rings. The quantitative estimate of drug-likeness (QED) is 0.0182. The largest absolute Gasteiger partial charge is 0.481 e. The number of carboxylic acids is 4. The molecule has 0 aliphatic heterocycles. The summed E-state index contributed by atoms with van der Waals surface area (Å²) >= 11 is 0. The summed E-state index contributed by atoms with van der Waals surface area (Å²) in [4.78, 5) is 151. The van der Waals surface area contributed by atoms with E-state index < -0.39 is 89.4 Å². The molecule has 26 rings (SSSR count). The maximum atomic E-state index is 13.6. The van der Waals surface area contributed by atoms with Gasteiger partial charge < -0.3 is 69.0 Å². The second-order valence-electron chi connectivity index (χ2n) is 51.4. The van der Waals surface area contributed by atoms with Crippen LogP contribution in [0.15, 0.2) is 0 Å². The summed E-state index contributed by atoms with van der Waals surface area (Å²) in [6.07, 6.45) is 26.4. The Kier molecular flexibility index (Phi) is 27.3. The van der Waals surface area contributed by atoms with Crippen LogP contribution < -0.4 is 10.6 Å². The highest BCUT2D eigenvalue weighted by Gasteiger charge is 2.75. The van der Waals surface area contributed by atoms with E-state index in [1.54, 1.807) is 0 Å². The third kappa shape index (κ3) is 17.1. The van der Waals surface area contributed by atoms with Gasteiger partial charge in [-0.1, -0.05) is 69.2 Å². The molecule has 756 valence electrons. The van der Waals surface area contributed by atoms with E-state index in [2.05, 4.69) is 79.9 Å². The number of rotatable bonds is 23. The van der Waals surface area contributed by atoms with E-state index >= 15 is 0 Å². The van der Waals surface area contributed by atoms with Gasteiger partial charge in [-0.15, -0.1) is 0 Å². The molecule has 0 aromatic carbocycles. The van der Waals surface area contributed by atoms with E-state index in [-0.39, 0.29) is 150 Å². The lowest BCUT2D eigenvalue weighted by Gasteiger charge is -2.56. The van der Waals surface area contributed by atoms with Gasteiger partial charge in [-0.25, -0.2) is 0 Å². The summed E-state index contributed by atoms with van der Waals surface area (Å²) in [5.41, 5.74) is -0.802. The van der Waals surface area contributed by atoms with Gasteiger partial charge >= 0.3 is 59.7 Å². The van der Waals surface area contributed by atoms with Gasteiger partial charge in [0.1, 0.15) is 42.6 Å². The van der Waals surface area contributed by atoms with Gasteiger partial charge in [-0.2, -0.15) is 0 Å². The van der Waals surface area contributed by atoms with E-state index in [1.807, 2.05) is 27.7 Å². The lowest BCUT2D eigenvalue weighted by Crippen LogP contribution is -2.54. The van der Waals surface area contributed by atoms with Crippen molar-refractivity contribution in [2.24, 2.45) is 290 Å². The zero-order valence-corrected chi connectivity index (χ0v) is 83.8. The fourth-order valence-electron chi connectivity index (χ4n) is 39.5. The van der Waals surface area contributed by atoms with E-state index in [0.29, 0.717) is 143 Å². The molecule has 26 bridgehead atoms. The van der Waals surface area contributed by atoms with Crippen molar-refractivity contribution >= 4 is 71.5 Å². The van der Waals surface area contributed by atoms with Gasteiger partial charge in [-0.3, -0.25) is 57.5 Å². The third-order valence-corrected chi connectivity index (χ3v) is 44.5. The van der Waals surface area contributed by atoms with Gasteiger partial charge in [0.2, 0.25) is 11.8 Å². The molecule has 26 aliphatic carbocycles. The van der Waals surface area contributed by atoms with Gasteiger partial charge in [0.05, 0.1) is 65.8 Å². The number of carboxylic acid groups (broad SMARTS) is 4. The highest BCUT2D eigenvalue weighted by Crippen LogP contribution is 2.76. The van der Waals surface area contributed by atoms with E-state index in [4.69, 9.17) is 43.0 Å². The summed E-state index contributed by atoms with van der Waals surface area (Å²) in [7, 11) is 1.47. The van der Waals surface area contributed by atoms with Crippen molar-refractivity contribution in [3.63, 3.8) is 0 Å². The van der Waals surface area contributed by atoms with Crippen molar-refractivity contribution < 1.29 is 116 Å². The smallest absolute Gasteiger partial charge is 0.325 e. The summed E-state index contributed by atoms with van der Waals surface area (Å²) < 4.78 is 45.4. The molecule has 0 aromatic heterocycles. The topological polar surface area (TPSA) is 384 Å². The van der Waals surface area contributed by atoms with Gasteiger partial charge in [0, 0.05) is 13.7 Å². The molecule has 26 aliphatic rings. The molecule has 39 unspecified atom stereocenters. The number of aliphatic carboxylic acids is 4. The van der Waals surface area contributed by atoms with Crippen LogP contribution in [-0.4, -0.2) is 162 Å². The fraction of sp³-hybridized carbons (Fsp3) is 0.891. The molecule has 136 heavy (non-hydrogen) atoms. The summed E-state index contributed by atoms with van der Waals surface area (Å²) in [6, 6.07) is -0.953. The lowest BCUT2D eigenvalue weighted by atomic mass is 9.54. The van der Waals surface area contributed by atoms with Crippen LogP contribution in [-0.2, 0) is 95.4 Å². The molecule has 26 heteroatoms. The standard InChI is InChI=1S/C25H38O5.C24H35NO5.C23H33NO5.C20H30O4.C18H26O5/c1-4-28-5-6-29-23(26)21-19-10-20(15(3)14(19)2)22(21)24(27)30-25-11-16-7-17(12-25)9-18(8-16)13-25;1-10-11(2)18-9-17(10)19(22(26)25-12(3)23(27)28)20(18)24(29)30-21-15-5-13-4-14(7-15)8-16(21)6-13;1-10-11(2)17-8-16(10)19(22(27)24-9-18(25)26)20(17)23(28)29-21-14-4-12-3-13(6-14)7-15(21)5-12;1-8-9(2)11-6-10(8)14-12-7-13(15(11)14)17(16(12)18(21)22)19(23)24-20(3,4)5;1-7-8(2)10-4-9(7)13-11-5-12(14(10)13)16(15(11)17(19)20)18(21)23-6-22-3/h14-22H,4-13H2,1-3H3;10-21H,4-9H2,1-3H3,(H,25,26)(H,27,28);10-17,19-21H,3-9H2,1-2H3,(H,24,27)(H,25,26);8-17H,6-7H2,1-5H3,(H,21,22);7-16H,4-6H2,1-3H3,(H,19,20). The van der Waals surface area contributed by atoms with Crippen molar-refractivity contribution in [1.29, 1.82) is 0 Å². The third-order valence-electron chi connectivity index (χ3n) is 44.5. The first kappa shape index (κ1) is 98.3. The minimum absolute atomic E-state index is 0.0267. The van der Waals surface area contributed by atoms with Crippen LogP contribution in [0.3, 0.4) is 0 Å². The van der Waals surface area contributed by atoms with Gasteiger partial charge in [0.15, 0.2) is 6.79 Å². The number of ether oxygens (including phenoxy) is 8. The molecule has 26 nitrogen and oxygen atoms in total. The zero-order chi connectivity index (χ0) is 96.8. The molecule has 2 amide bonds. The molecular formula is C110H162N2O24. The minimum atomic E-state index is -1.06. The Hall–Kier alpha value is -6.44. The molecule has 26 saturated carbocycles. The second kappa shape index (κ2) is 37.7. The number of methoxy groups -OCH3 is 1. The number of nitrogens with one attached hydrogen (secondary N) is 2. The Balaban J connectivity index is 0.000000109. The molecule has 39 atom stereocenters. The Morgan fingerprint density at radius 2 is 0.662 bits per heavy atom. The van der Waals surface area contributed by atoms with Crippen LogP contribution in [0.1, 0.15) is 252 Å². The Labute approximate surface area is 805 Å². The molecular weight excluding hydrogens is 1730 g/mol. The molecule has 0 radical (unpaired) electrons. The van der Waals surface area contributed by atoms with E-state index in [0.717, 1.165) is 92.8 Å². The van der Waals surface area contributed by atoms with Crippen molar-refractivity contribution in [3.05, 3.63) is 0 Å². The van der Waals surface area contributed by atoms with Crippen LogP contribution in [0.4, 0.5) is 0 Å². The van der Waals surface area contributed by atoms with Crippen molar-refractivity contribution in [2.75, 3.05) is 40.3 Å². The van der Waals surface area contributed by atoms with Crippen LogP contribution >= 0.6 is 0 Å². The van der Waals surface area contributed by atoms with Crippen LogP contribution in [0, 0.1) is 290 Å². The first-order chi connectivity index (χ1) is 64.6. The van der Waals surface area contributed by atoms with E-state index in [1.165, 1.54) is 110 Å². The van der Waals surface area contributed by atoms with Gasteiger partial charge in [-0.05, 0) is 413 Å². The highest BCUT2D eigenvalue weighted by atomic mass is 16.7. The molecule has 6 N–H and O–H groups in total. The number of hydrogen-bond acceptors (Lipinski definition) is 20. The zero-order valence-electron chi connectivity index (χ0n) is 83.8. The van der Waals surface area contributed by atoms with Gasteiger partial charge in [0.25, 0.3) is 0 Å². The van der Waals surface area contributed by atoms with Crippen LogP contribution in [0.25, 0.3) is 0 Å². The average Bonchev–Trinajstić information content (AvgIpc) is 1.52. The number of amides is 2. The van der Waals surface area contributed by atoms with Crippen molar-refractivity contribution in [3.8, 4) is 0 Å². The number of esters is 6. The SMILES string of the molecule is CC(NC(=O)C1C2CC(C(C)C2C)C1C(=O)OC1C2CC3CC(C2)CC1C3)C(=O)O.CC1C(C)C2CC1C(C(=O)NCC(=O)O)C2C(=O)OC1C2CC3CC(C2)CC1C3.CC1C(C)C2CC1C1C3CC(C(C(=O)OC(C)(C)C)C3C(=O)O)C21.CCOCCOC(=O)C1C2CC(C(C)C2C)C1C(=O)OC12CC3CC(CC(C3)C1)C2.COCOC(=O)C1C2CC(C1C(=O)O)C1C3CC(C(C)C3C)C21. The fourth-order valence-corrected chi connectivity index (χ4v) is 39.5. The molecule has 0 spiro atoms. The molecule has 26 fully saturated rings. The number of carbonyl (C=O) groups is 12. The predicted octanol–water partition coefficient (Wildman–Crippen LogP) is 15.7. The Bertz CT molecular complexity index is 4460. The van der Waals surface area contributed by atoms with Crippen LogP contribution in [0.2, 0.25) is 0 Å². The monoisotopic (exact) mass is 1900 g/mol. The number of hydrogen-bond donors (Lipinski definition) is 6. The Morgan fingerprint density at radius 3 is 1.01 bits per heavy atom. The minimum Gasteiger partial charge on any atom is -0.481 e. The van der Waals surface area contributed by atoms with Crippen molar-refractivity contribution in [1.82, 2.24) is 10.6 Å². The first-order valence-corrected chi connectivity index (χ1v) is 54.3. The number of carbonyl (C=O) groups excluding carboxylic acids is 8. The predicted molar refractivity (Wildman–Crippen MR) is 495 cm³/mol. The Morgan fingerprint density at radius 1 is 0.353 bits per heavy atom. The summed E-state index contributed by atoms with van der Waals surface area (Å²) in [6.45, 7) is 32.3.